The Balaban J connectivity index is 2.83. The van der Waals surface area contributed by atoms with Crippen molar-refractivity contribution in [3.05, 3.63) is 29.8 Å². The highest BCUT2D eigenvalue weighted by molar-refractivity contribution is 5.15. The minimum absolute atomic E-state index is 0.0619. The van der Waals surface area contributed by atoms with Crippen LogP contribution < -0.4 is 11.3 Å². The van der Waals surface area contributed by atoms with Gasteiger partial charge in [-0.05, 0) is 23.5 Å². The molecule has 0 aliphatic carbocycles. The van der Waals surface area contributed by atoms with Gasteiger partial charge in [0.2, 0.25) is 0 Å². The second kappa shape index (κ2) is 4.68. The molecule has 0 aliphatic rings. The third-order valence-corrected chi connectivity index (χ3v) is 2.15. The summed E-state index contributed by atoms with van der Waals surface area (Å²) >= 11 is 0. The van der Waals surface area contributed by atoms with Crippen LogP contribution in [-0.4, -0.2) is 4.98 Å². The maximum Gasteiger partial charge on any atom is 0.141 e. The van der Waals surface area contributed by atoms with Crippen LogP contribution >= 0.6 is 0 Å². The van der Waals surface area contributed by atoms with E-state index >= 15 is 0 Å². The standard InChI is InChI=1S/C11H18FN3/c1-11(2,3)5-10(15-13)8-4-9(12)7-14-6-8/h4,6-7,10,15H,5,13H2,1-3H3. The first-order valence-corrected chi connectivity index (χ1v) is 4.99. The third-order valence-electron chi connectivity index (χ3n) is 2.15. The molecule has 84 valence electrons. The first-order chi connectivity index (χ1) is 6.92. The SMILES string of the molecule is CC(C)(C)CC(NN)c1cncc(F)c1. The fourth-order valence-corrected chi connectivity index (χ4v) is 1.50. The molecular weight excluding hydrogens is 193 g/mol. The molecule has 0 bridgehead atoms. The number of hydrogen-bond acceptors (Lipinski definition) is 3. The fourth-order valence-electron chi connectivity index (χ4n) is 1.50. The summed E-state index contributed by atoms with van der Waals surface area (Å²) in [6, 6.07) is 1.40. The number of aromatic nitrogens is 1. The van der Waals surface area contributed by atoms with Crippen LogP contribution in [0.1, 0.15) is 38.8 Å². The molecule has 1 aromatic heterocycles. The Labute approximate surface area is 89.9 Å². The second-order valence-corrected chi connectivity index (χ2v) is 4.92. The van der Waals surface area contributed by atoms with Crippen LogP contribution in [0.5, 0.6) is 0 Å². The number of nitrogens with two attached hydrogens (primary N) is 1. The molecule has 1 atom stereocenters. The van der Waals surface area contributed by atoms with Crippen LogP contribution in [0.4, 0.5) is 4.39 Å². The molecule has 4 heteroatoms. The average Bonchev–Trinajstić information content (AvgIpc) is 2.13. The Bertz CT molecular complexity index is 320. The average molecular weight is 211 g/mol. The lowest BCUT2D eigenvalue weighted by Gasteiger charge is -2.25. The highest BCUT2D eigenvalue weighted by Crippen LogP contribution is 2.28. The van der Waals surface area contributed by atoms with Crippen molar-refractivity contribution in [2.45, 2.75) is 33.2 Å². The van der Waals surface area contributed by atoms with Gasteiger partial charge < -0.3 is 0 Å². The highest BCUT2D eigenvalue weighted by atomic mass is 19.1. The van der Waals surface area contributed by atoms with Gasteiger partial charge >= 0.3 is 0 Å². The summed E-state index contributed by atoms with van der Waals surface area (Å²) < 4.78 is 13.0. The lowest BCUT2D eigenvalue weighted by atomic mass is 9.86. The van der Waals surface area contributed by atoms with Crippen LogP contribution in [-0.2, 0) is 0 Å². The molecule has 0 amide bonds. The summed E-state index contributed by atoms with van der Waals surface area (Å²) in [7, 11) is 0. The van der Waals surface area contributed by atoms with E-state index in [1.807, 2.05) is 0 Å². The predicted molar refractivity (Wildman–Crippen MR) is 58.3 cm³/mol. The summed E-state index contributed by atoms with van der Waals surface area (Å²) in [5.41, 5.74) is 3.61. The number of hydrazine groups is 1. The normalized spacial score (nSPS) is 13.9. The minimum Gasteiger partial charge on any atom is -0.271 e. The van der Waals surface area contributed by atoms with E-state index in [-0.39, 0.29) is 17.3 Å². The van der Waals surface area contributed by atoms with E-state index < -0.39 is 0 Å². The molecule has 0 saturated heterocycles. The third kappa shape index (κ3) is 3.93. The summed E-state index contributed by atoms with van der Waals surface area (Å²) in [4.78, 5) is 3.81. The second-order valence-electron chi connectivity index (χ2n) is 4.92. The topological polar surface area (TPSA) is 50.9 Å². The number of pyridine rings is 1. The Kier molecular flexibility index (Phi) is 3.77. The number of rotatable bonds is 3. The summed E-state index contributed by atoms with van der Waals surface area (Å²) in [6.45, 7) is 6.35. The lowest BCUT2D eigenvalue weighted by Crippen LogP contribution is -2.31. The van der Waals surface area contributed by atoms with Crippen LogP contribution in [0.3, 0.4) is 0 Å². The molecule has 15 heavy (non-hydrogen) atoms. The van der Waals surface area contributed by atoms with Gasteiger partial charge in [-0.25, -0.2) is 4.39 Å². The van der Waals surface area contributed by atoms with Crippen molar-refractivity contribution in [2.75, 3.05) is 0 Å². The van der Waals surface area contributed by atoms with Crippen molar-refractivity contribution < 1.29 is 4.39 Å². The van der Waals surface area contributed by atoms with Gasteiger partial charge in [0.25, 0.3) is 0 Å². The van der Waals surface area contributed by atoms with Crippen molar-refractivity contribution in [2.24, 2.45) is 11.3 Å². The smallest absolute Gasteiger partial charge is 0.141 e. The van der Waals surface area contributed by atoms with Crippen molar-refractivity contribution >= 4 is 0 Å². The number of nitrogens with zero attached hydrogens (tertiary/aromatic N) is 1. The van der Waals surface area contributed by atoms with Crippen LogP contribution in [0, 0.1) is 11.2 Å². The molecule has 1 rings (SSSR count). The van der Waals surface area contributed by atoms with Gasteiger partial charge in [0.15, 0.2) is 0 Å². The maximum atomic E-state index is 13.0. The van der Waals surface area contributed by atoms with E-state index in [4.69, 9.17) is 5.84 Å². The van der Waals surface area contributed by atoms with E-state index in [0.717, 1.165) is 12.0 Å². The Morgan fingerprint density at radius 2 is 2.13 bits per heavy atom. The first kappa shape index (κ1) is 12.1. The van der Waals surface area contributed by atoms with Gasteiger partial charge in [0.05, 0.1) is 6.20 Å². The Morgan fingerprint density at radius 1 is 1.47 bits per heavy atom. The summed E-state index contributed by atoms with van der Waals surface area (Å²) in [5.74, 6) is 5.13. The molecule has 0 aliphatic heterocycles. The zero-order valence-electron chi connectivity index (χ0n) is 9.42. The molecule has 0 fully saturated rings. The zero-order chi connectivity index (χ0) is 11.5. The largest absolute Gasteiger partial charge is 0.271 e. The molecule has 0 aromatic carbocycles. The molecular formula is C11H18FN3. The minimum atomic E-state index is -0.332. The molecule has 3 nitrogen and oxygen atoms in total. The molecule has 1 aromatic rings. The van der Waals surface area contributed by atoms with Crippen molar-refractivity contribution in [3.8, 4) is 0 Å². The molecule has 0 saturated carbocycles. The van der Waals surface area contributed by atoms with Gasteiger partial charge in [-0.2, -0.15) is 0 Å². The van der Waals surface area contributed by atoms with Crippen molar-refractivity contribution in [1.29, 1.82) is 0 Å². The van der Waals surface area contributed by atoms with Gasteiger partial charge in [-0.15, -0.1) is 0 Å². The van der Waals surface area contributed by atoms with Crippen LogP contribution in [0.2, 0.25) is 0 Å². The molecule has 1 unspecified atom stereocenters. The molecule has 1 heterocycles. The number of hydrogen-bond donors (Lipinski definition) is 2. The van der Waals surface area contributed by atoms with E-state index in [9.17, 15) is 4.39 Å². The highest BCUT2D eigenvalue weighted by Gasteiger charge is 2.19. The molecule has 3 N–H and O–H groups in total. The molecule has 0 radical (unpaired) electrons. The number of halogens is 1. The van der Waals surface area contributed by atoms with Gasteiger partial charge in [0, 0.05) is 12.2 Å². The molecule has 0 spiro atoms. The van der Waals surface area contributed by atoms with Gasteiger partial charge in [-0.1, -0.05) is 20.8 Å². The van der Waals surface area contributed by atoms with Crippen LogP contribution in [0.25, 0.3) is 0 Å². The van der Waals surface area contributed by atoms with Gasteiger partial charge in [0.1, 0.15) is 5.82 Å². The Hall–Kier alpha value is -1.00. The quantitative estimate of drug-likeness (QED) is 0.595. The van der Waals surface area contributed by atoms with Crippen molar-refractivity contribution in [1.82, 2.24) is 10.4 Å². The first-order valence-electron chi connectivity index (χ1n) is 4.99. The maximum absolute atomic E-state index is 13.0. The Morgan fingerprint density at radius 3 is 2.60 bits per heavy atom. The van der Waals surface area contributed by atoms with E-state index in [2.05, 4.69) is 31.2 Å². The number of nitrogens with one attached hydrogen (secondary N) is 1. The monoisotopic (exact) mass is 211 g/mol. The lowest BCUT2D eigenvalue weighted by molar-refractivity contribution is 0.312. The zero-order valence-corrected chi connectivity index (χ0v) is 9.42. The van der Waals surface area contributed by atoms with Crippen molar-refractivity contribution in [3.63, 3.8) is 0 Å². The van der Waals surface area contributed by atoms with E-state index in [0.29, 0.717) is 0 Å². The van der Waals surface area contributed by atoms with Crippen LogP contribution in [0.15, 0.2) is 18.5 Å². The fraction of sp³-hybridized carbons (Fsp3) is 0.545. The van der Waals surface area contributed by atoms with Gasteiger partial charge in [-0.3, -0.25) is 16.3 Å². The summed E-state index contributed by atoms with van der Waals surface area (Å²) in [5, 5.41) is 0. The van der Waals surface area contributed by atoms with E-state index in [1.54, 1.807) is 6.20 Å². The predicted octanol–water partition coefficient (Wildman–Crippen LogP) is 2.16. The summed E-state index contributed by atoms with van der Waals surface area (Å²) in [6.07, 6.45) is 3.65. The van der Waals surface area contributed by atoms with E-state index in [1.165, 1.54) is 12.3 Å².